The first-order valence-electron chi connectivity index (χ1n) is 6.50. The fourth-order valence-corrected chi connectivity index (χ4v) is 3.02. The first-order chi connectivity index (χ1) is 9.28. The van der Waals surface area contributed by atoms with Crippen LogP contribution >= 0.6 is 0 Å². The number of anilines is 1. The van der Waals surface area contributed by atoms with Crippen LogP contribution in [0.1, 0.15) is 32.1 Å². The first kappa shape index (κ1) is 15.0. The lowest BCUT2D eigenvalue weighted by Gasteiger charge is -2.22. The Morgan fingerprint density at radius 3 is 2.25 bits per heavy atom. The van der Waals surface area contributed by atoms with E-state index >= 15 is 0 Å². The molecule has 1 fully saturated rings. The van der Waals surface area contributed by atoms with Crippen LogP contribution in [0.15, 0.2) is 29.2 Å². The SMILES string of the molecule is NC1(CC(=O)Nc2ccc(S(N)(=O)=O)cc2)CCCC1. The fourth-order valence-electron chi connectivity index (χ4n) is 2.51. The zero-order valence-corrected chi connectivity index (χ0v) is 11.9. The number of carbonyl (C=O) groups is 1. The molecule has 0 unspecified atom stereocenters. The van der Waals surface area contributed by atoms with E-state index in [4.69, 9.17) is 10.9 Å². The minimum absolute atomic E-state index is 0.0154. The van der Waals surface area contributed by atoms with Crippen molar-refractivity contribution in [3.8, 4) is 0 Å². The molecule has 20 heavy (non-hydrogen) atoms. The van der Waals surface area contributed by atoms with Gasteiger partial charge in [0.25, 0.3) is 0 Å². The molecule has 1 aromatic carbocycles. The average Bonchev–Trinajstić information content (AvgIpc) is 2.74. The normalized spacial score (nSPS) is 17.9. The van der Waals surface area contributed by atoms with Crippen molar-refractivity contribution in [2.24, 2.45) is 10.9 Å². The van der Waals surface area contributed by atoms with Gasteiger partial charge in [-0.3, -0.25) is 4.79 Å². The zero-order chi connectivity index (χ0) is 14.8. The van der Waals surface area contributed by atoms with Gasteiger partial charge in [-0.25, -0.2) is 13.6 Å². The van der Waals surface area contributed by atoms with Crippen molar-refractivity contribution in [1.82, 2.24) is 0 Å². The van der Waals surface area contributed by atoms with Crippen molar-refractivity contribution in [2.45, 2.75) is 42.5 Å². The predicted octanol–water partition coefficient (Wildman–Crippen LogP) is 0.934. The lowest BCUT2D eigenvalue weighted by molar-refractivity contribution is -0.117. The Balaban J connectivity index is 1.98. The maximum Gasteiger partial charge on any atom is 0.238 e. The van der Waals surface area contributed by atoms with Gasteiger partial charge in [-0.15, -0.1) is 0 Å². The lowest BCUT2D eigenvalue weighted by atomic mass is 9.94. The number of amides is 1. The molecule has 1 saturated carbocycles. The maximum atomic E-state index is 11.9. The van der Waals surface area contributed by atoms with Gasteiger partial charge in [0.05, 0.1) is 4.90 Å². The van der Waals surface area contributed by atoms with E-state index in [1.807, 2.05) is 0 Å². The van der Waals surface area contributed by atoms with E-state index in [9.17, 15) is 13.2 Å². The van der Waals surface area contributed by atoms with Crippen LogP contribution < -0.4 is 16.2 Å². The molecule has 7 heteroatoms. The lowest BCUT2D eigenvalue weighted by Crippen LogP contribution is -2.40. The molecule has 1 aliphatic carbocycles. The minimum atomic E-state index is -3.71. The molecule has 0 bridgehead atoms. The number of rotatable bonds is 4. The molecule has 5 N–H and O–H groups in total. The predicted molar refractivity (Wildman–Crippen MR) is 76.4 cm³/mol. The molecule has 1 aliphatic rings. The Kier molecular flexibility index (Phi) is 4.12. The Morgan fingerprint density at radius 2 is 1.75 bits per heavy atom. The summed E-state index contributed by atoms with van der Waals surface area (Å²) in [6.45, 7) is 0. The van der Waals surface area contributed by atoms with Gasteiger partial charge in [0.15, 0.2) is 0 Å². The minimum Gasteiger partial charge on any atom is -0.326 e. The number of nitrogens with one attached hydrogen (secondary N) is 1. The number of hydrogen-bond donors (Lipinski definition) is 3. The summed E-state index contributed by atoms with van der Waals surface area (Å²) in [6, 6.07) is 5.74. The highest BCUT2D eigenvalue weighted by molar-refractivity contribution is 7.89. The van der Waals surface area contributed by atoms with Gasteiger partial charge in [-0.1, -0.05) is 12.8 Å². The molecular weight excluding hydrogens is 278 g/mol. The van der Waals surface area contributed by atoms with Gasteiger partial charge in [0.2, 0.25) is 15.9 Å². The standard InChI is InChI=1S/C13H19N3O3S/c14-13(7-1-2-8-13)9-12(17)16-10-3-5-11(6-4-10)20(15,18)19/h3-6H,1-2,7-9,14H2,(H,16,17)(H2,15,18,19). The highest BCUT2D eigenvalue weighted by atomic mass is 32.2. The molecule has 110 valence electrons. The molecule has 0 spiro atoms. The number of hydrogen-bond acceptors (Lipinski definition) is 4. The van der Waals surface area contributed by atoms with Crippen LogP contribution in [0.2, 0.25) is 0 Å². The van der Waals surface area contributed by atoms with E-state index in [2.05, 4.69) is 5.32 Å². The van der Waals surface area contributed by atoms with Gasteiger partial charge in [0, 0.05) is 17.6 Å². The molecule has 0 heterocycles. The summed E-state index contributed by atoms with van der Waals surface area (Å²) in [7, 11) is -3.71. The van der Waals surface area contributed by atoms with Crippen LogP contribution in [0.5, 0.6) is 0 Å². The van der Waals surface area contributed by atoms with Gasteiger partial charge >= 0.3 is 0 Å². The third-order valence-electron chi connectivity index (χ3n) is 3.58. The summed E-state index contributed by atoms with van der Waals surface area (Å²) in [5.41, 5.74) is 6.27. The van der Waals surface area contributed by atoms with Gasteiger partial charge in [-0.05, 0) is 37.1 Å². The van der Waals surface area contributed by atoms with Crippen molar-refractivity contribution in [1.29, 1.82) is 0 Å². The molecule has 0 radical (unpaired) electrons. The third-order valence-corrected chi connectivity index (χ3v) is 4.51. The highest BCUT2D eigenvalue weighted by Gasteiger charge is 2.31. The zero-order valence-electron chi connectivity index (χ0n) is 11.1. The van der Waals surface area contributed by atoms with Crippen LogP contribution in [-0.2, 0) is 14.8 Å². The van der Waals surface area contributed by atoms with Crippen molar-refractivity contribution in [3.05, 3.63) is 24.3 Å². The molecule has 0 saturated heterocycles. The van der Waals surface area contributed by atoms with E-state index in [1.54, 1.807) is 0 Å². The van der Waals surface area contributed by atoms with E-state index < -0.39 is 15.6 Å². The summed E-state index contributed by atoms with van der Waals surface area (Å²) in [6.07, 6.45) is 4.14. The topological polar surface area (TPSA) is 115 Å². The average molecular weight is 297 g/mol. The second-order valence-electron chi connectivity index (χ2n) is 5.36. The number of primary sulfonamides is 1. The van der Waals surface area contributed by atoms with Crippen LogP contribution in [0.3, 0.4) is 0 Å². The molecule has 6 nitrogen and oxygen atoms in total. The summed E-state index contributed by atoms with van der Waals surface area (Å²) in [5, 5.41) is 7.72. The third kappa shape index (κ3) is 3.78. The van der Waals surface area contributed by atoms with Crippen molar-refractivity contribution < 1.29 is 13.2 Å². The molecule has 0 aliphatic heterocycles. The van der Waals surface area contributed by atoms with E-state index in [1.165, 1.54) is 24.3 Å². The smallest absolute Gasteiger partial charge is 0.238 e. The van der Waals surface area contributed by atoms with Crippen LogP contribution in [0.4, 0.5) is 5.69 Å². The Hall–Kier alpha value is -1.44. The number of nitrogens with two attached hydrogens (primary N) is 2. The fraction of sp³-hybridized carbons (Fsp3) is 0.462. The van der Waals surface area contributed by atoms with Gasteiger partial charge in [0.1, 0.15) is 0 Å². The van der Waals surface area contributed by atoms with E-state index in [0.29, 0.717) is 5.69 Å². The Bertz CT molecular complexity index is 590. The number of carbonyl (C=O) groups excluding carboxylic acids is 1. The summed E-state index contributed by atoms with van der Waals surface area (Å²) < 4.78 is 22.2. The largest absolute Gasteiger partial charge is 0.326 e. The Labute approximate surface area is 118 Å². The molecule has 1 amide bonds. The number of benzene rings is 1. The van der Waals surface area contributed by atoms with Crippen molar-refractivity contribution in [3.63, 3.8) is 0 Å². The first-order valence-corrected chi connectivity index (χ1v) is 8.05. The summed E-state index contributed by atoms with van der Waals surface area (Å²) in [4.78, 5) is 11.9. The van der Waals surface area contributed by atoms with Crippen molar-refractivity contribution in [2.75, 3.05) is 5.32 Å². The second-order valence-corrected chi connectivity index (χ2v) is 6.93. The van der Waals surface area contributed by atoms with Crippen LogP contribution in [0, 0.1) is 0 Å². The second kappa shape index (κ2) is 5.51. The maximum absolute atomic E-state index is 11.9. The van der Waals surface area contributed by atoms with Gasteiger partial charge in [-0.2, -0.15) is 0 Å². The molecule has 0 atom stereocenters. The van der Waals surface area contributed by atoms with Crippen LogP contribution in [-0.4, -0.2) is 19.9 Å². The van der Waals surface area contributed by atoms with Gasteiger partial charge < -0.3 is 11.1 Å². The molecular formula is C13H19N3O3S. The summed E-state index contributed by atoms with van der Waals surface area (Å²) >= 11 is 0. The van der Waals surface area contributed by atoms with E-state index in [0.717, 1.165) is 25.7 Å². The van der Waals surface area contributed by atoms with Crippen LogP contribution in [0.25, 0.3) is 0 Å². The molecule has 0 aromatic heterocycles. The Morgan fingerprint density at radius 1 is 1.20 bits per heavy atom. The quantitative estimate of drug-likeness (QED) is 0.766. The van der Waals surface area contributed by atoms with Crippen molar-refractivity contribution >= 4 is 21.6 Å². The molecule has 1 aromatic rings. The summed E-state index contributed by atoms with van der Waals surface area (Å²) in [5.74, 6) is -0.155. The number of sulfonamides is 1. The van der Waals surface area contributed by atoms with E-state index in [-0.39, 0.29) is 17.2 Å². The molecule has 2 rings (SSSR count). The highest BCUT2D eigenvalue weighted by Crippen LogP contribution is 2.30. The monoisotopic (exact) mass is 297 g/mol.